The van der Waals surface area contributed by atoms with Crippen LogP contribution in [0, 0.1) is 17.1 Å². The number of halogens is 1. The van der Waals surface area contributed by atoms with E-state index < -0.39 is 15.8 Å². The van der Waals surface area contributed by atoms with Gasteiger partial charge in [-0.2, -0.15) is 9.64 Å². The third kappa shape index (κ3) is 5.28. The van der Waals surface area contributed by atoms with Gasteiger partial charge in [0.25, 0.3) is 10.0 Å². The molecule has 0 aliphatic rings. The van der Waals surface area contributed by atoms with Gasteiger partial charge in [0, 0.05) is 33.0 Å². The summed E-state index contributed by atoms with van der Waals surface area (Å²) in [4.78, 5) is 4.74. The Morgan fingerprint density at radius 1 is 1.08 bits per heavy atom. The zero-order valence-electron chi connectivity index (χ0n) is 19.1. The van der Waals surface area contributed by atoms with E-state index in [2.05, 4.69) is 9.36 Å². The summed E-state index contributed by atoms with van der Waals surface area (Å²) in [5.41, 5.74) is 0.674. The van der Waals surface area contributed by atoms with Crippen LogP contribution in [0.25, 0.3) is 0 Å². The highest BCUT2D eigenvalue weighted by atomic mass is 32.2. The van der Waals surface area contributed by atoms with E-state index in [1.807, 2.05) is 6.07 Å². The molecule has 0 saturated carbocycles. The van der Waals surface area contributed by atoms with Crippen molar-refractivity contribution >= 4 is 38.4 Å². The molecule has 1 heterocycles. The standard InChI is InChI=1S/C24H19FN4O4S3/c1-32-18-8-7-16(21(12-18)33-2)14-29(24-27-15-28-35-24)36(30,31)19-9-10-22(17(11-19)13-26)34-23-6-4-3-5-20(23)25/h3-12,15H,14H2,1-2H3. The van der Waals surface area contributed by atoms with Crippen LogP contribution in [-0.2, 0) is 16.6 Å². The molecule has 4 aromatic rings. The third-order valence-corrected chi connectivity index (χ3v) is 8.75. The van der Waals surface area contributed by atoms with E-state index in [-0.39, 0.29) is 22.1 Å². The molecule has 184 valence electrons. The molecule has 3 aromatic carbocycles. The zero-order chi connectivity index (χ0) is 25.7. The van der Waals surface area contributed by atoms with Crippen LogP contribution in [0.4, 0.5) is 9.52 Å². The smallest absolute Gasteiger partial charge is 0.266 e. The largest absolute Gasteiger partial charge is 0.497 e. The minimum atomic E-state index is -4.17. The first-order chi connectivity index (χ1) is 17.4. The molecule has 0 amide bonds. The fourth-order valence-electron chi connectivity index (χ4n) is 3.29. The van der Waals surface area contributed by atoms with Crippen LogP contribution in [0.3, 0.4) is 0 Å². The van der Waals surface area contributed by atoms with Crippen molar-refractivity contribution < 1.29 is 22.3 Å². The Morgan fingerprint density at radius 2 is 1.89 bits per heavy atom. The molecular formula is C24H19FN4O4S3. The van der Waals surface area contributed by atoms with Gasteiger partial charge in [0.05, 0.1) is 31.2 Å². The molecule has 4 rings (SSSR count). The number of hydrogen-bond donors (Lipinski definition) is 0. The number of nitriles is 1. The lowest BCUT2D eigenvalue weighted by atomic mass is 10.2. The van der Waals surface area contributed by atoms with E-state index in [1.165, 1.54) is 44.8 Å². The predicted molar refractivity (Wildman–Crippen MR) is 135 cm³/mol. The molecule has 0 aliphatic carbocycles. The Morgan fingerprint density at radius 3 is 2.56 bits per heavy atom. The van der Waals surface area contributed by atoms with Crippen molar-refractivity contribution in [2.24, 2.45) is 0 Å². The first-order valence-electron chi connectivity index (χ1n) is 10.3. The van der Waals surface area contributed by atoms with Crippen LogP contribution in [0.1, 0.15) is 11.1 Å². The lowest BCUT2D eigenvalue weighted by Gasteiger charge is -2.23. The van der Waals surface area contributed by atoms with Crippen molar-refractivity contribution in [1.29, 1.82) is 5.26 Å². The molecule has 1 aromatic heterocycles. The van der Waals surface area contributed by atoms with Gasteiger partial charge in [0.15, 0.2) is 0 Å². The number of nitrogens with zero attached hydrogens (tertiary/aromatic N) is 4. The third-order valence-electron chi connectivity index (χ3n) is 5.09. The van der Waals surface area contributed by atoms with E-state index in [0.717, 1.165) is 27.6 Å². The summed E-state index contributed by atoms with van der Waals surface area (Å²) in [6.45, 7) is -0.0989. The van der Waals surface area contributed by atoms with Gasteiger partial charge in [-0.15, -0.1) is 0 Å². The average Bonchev–Trinajstić information content (AvgIpc) is 3.43. The average molecular weight is 543 g/mol. The van der Waals surface area contributed by atoms with Gasteiger partial charge in [0.1, 0.15) is 29.7 Å². The molecule has 0 aliphatic heterocycles. The van der Waals surface area contributed by atoms with Crippen molar-refractivity contribution in [3.8, 4) is 17.6 Å². The van der Waals surface area contributed by atoms with Crippen LogP contribution < -0.4 is 13.8 Å². The van der Waals surface area contributed by atoms with Crippen molar-refractivity contribution in [1.82, 2.24) is 9.36 Å². The molecule has 0 bridgehead atoms. The van der Waals surface area contributed by atoms with Gasteiger partial charge < -0.3 is 9.47 Å². The summed E-state index contributed by atoms with van der Waals surface area (Å²) in [7, 11) is -1.17. The van der Waals surface area contributed by atoms with E-state index in [4.69, 9.17) is 9.47 Å². The molecule has 12 heteroatoms. The molecule has 0 atom stereocenters. The number of benzene rings is 3. The zero-order valence-corrected chi connectivity index (χ0v) is 21.5. The molecule has 0 fully saturated rings. The minimum absolute atomic E-state index is 0.0989. The lowest BCUT2D eigenvalue weighted by molar-refractivity contribution is 0.391. The van der Waals surface area contributed by atoms with Crippen LogP contribution >= 0.6 is 23.3 Å². The van der Waals surface area contributed by atoms with E-state index in [0.29, 0.717) is 26.9 Å². The normalized spacial score (nSPS) is 11.1. The number of anilines is 1. The summed E-state index contributed by atoms with van der Waals surface area (Å²) in [6, 6.07) is 17.4. The maximum Gasteiger partial charge on any atom is 0.266 e. The topological polar surface area (TPSA) is 105 Å². The number of hydrogen-bond acceptors (Lipinski definition) is 9. The molecule has 0 spiro atoms. The maximum absolute atomic E-state index is 14.1. The SMILES string of the molecule is COc1ccc(CN(c2ncns2)S(=O)(=O)c2ccc(Sc3ccccc3F)c(C#N)c2)c(OC)c1. The number of methoxy groups -OCH3 is 2. The molecule has 0 saturated heterocycles. The molecule has 0 N–H and O–H groups in total. The molecule has 36 heavy (non-hydrogen) atoms. The Kier molecular flexibility index (Phi) is 7.73. The van der Waals surface area contributed by atoms with Gasteiger partial charge in [-0.1, -0.05) is 23.9 Å². The number of ether oxygens (including phenoxy) is 2. The van der Waals surface area contributed by atoms with E-state index in [1.54, 1.807) is 36.4 Å². The molecule has 0 radical (unpaired) electrons. The Balaban J connectivity index is 1.73. The van der Waals surface area contributed by atoms with Crippen LogP contribution in [-0.4, -0.2) is 32.0 Å². The summed E-state index contributed by atoms with van der Waals surface area (Å²) in [6.07, 6.45) is 1.27. The van der Waals surface area contributed by atoms with Gasteiger partial charge in [-0.25, -0.2) is 22.1 Å². The highest BCUT2D eigenvalue weighted by Gasteiger charge is 2.29. The first-order valence-corrected chi connectivity index (χ1v) is 13.4. The van der Waals surface area contributed by atoms with Gasteiger partial charge in [-0.05, 0) is 42.5 Å². The fraction of sp³-hybridized carbons (Fsp3) is 0.125. The molecule has 0 unspecified atom stereocenters. The van der Waals surface area contributed by atoms with Crippen LogP contribution in [0.15, 0.2) is 81.7 Å². The van der Waals surface area contributed by atoms with Gasteiger partial charge in [0.2, 0.25) is 5.13 Å². The van der Waals surface area contributed by atoms with E-state index >= 15 is 0 Å². The van der Waals surface area contributed by atoms with Crippen LogP contribution in [0.5, 0.6) is 11.5 Å². The predicted octanol–water partition coefficient (Wildman–Crippen LogP) is 5.11. The Labute approximate surface area is 216 Å². The minimum Gasteiger partial charge on any atom is -0.497 e. The number of sulfonamides is 1. The van der Waals surface area contributed by atoms with Gasteiger partial charge >= 0.3 is 0 Å². The Bertz CT molecular complexity index is 1520. The summed E-state index contributed by atoms with van der Waals surface area (Å²) < 4.78 is 57.4. The molecule has 8 nitrogen and oxygen atoms in total. The van der Waals surface area contributed by atoms with Crippen molar-refractivity contribution in [2.75, 3.05) is 18.5 Å². The monoisotopic (exact) mass is 542 g/mol. The van der Waals surface area contributed by atoms with Gasteiger partial charge in [-0.3, -0.25) is 0 Å². The summed E-state index contributed by atoms with van der Waals surface area (Å²) >= 11 is 1.97. The van der Waals surface area contributed by atoms with Crippen LogP contribution in [0.2, 0.25) is 0 Å². The summed E-state index contributed by atoms with van der Waals surface area (Å²) in [5.74, 6) is 0.565. The highest BCUT2D eigenvalue weighted by Crippen LogP contribution is 2.35. The van der Waals surface area contributed by atoms with Crippen molar-refractivity contribution in [2.45, 2.75) is 21.2 Å². The second-order valence-corrected chi connectivity index (χ2v) is 10.9. The number of rotatable bonds is 9. The van der Waals surface area contributed by atoms with E-state index in [9.17, 15) is 18.1 Å². The second-order valence-electron chi connectivity index (χ2n) is 7.22. The quantitative estimate of drug-likeness (QED) is 0.287. The highest BCUT2D eigenvalue weighted by molar-refractivity contribution is 7.99. The molecular weight excluding hydrogens is 523 g/mol. The van der Waals surface area contributed by atoms with Crippen molar-refractivity contribution in [3.63, 3.8) is 0 Å². The lowest BCUT2D eigenvalue weighted by Crippen LogP contribution is -2.30. The first kappa shape index (κ1) is 25.4. The summed E-state index contributed by atoms with van der Waals surface area (Å²) in [5, 5.41) is 9.87. The Hall–Kier alpha value is -3.66. The van der Waals surface area contributed by atoms with Crippen molar-refractivity contribution in [3.05, 3.63) is 83.9 Å². The maximum atomic E-state index is 14.1. The second kappa shape index (κ2) is 10.9. The fourth-order valence-corrected chi connectivity index (χ4v) is 6.34. The number of aromatic nitrogens is 2.